The predicted octanol–water partition coefficient (Wildman–Crippen LogP) is 8.80. The van der Waals surface area contributed by atoms with Crippen molar-refractivity contribution in [2.24, 2.45) is 0 Å². The van der Waals surface area contributed by atoms with Crippen LogP contribution in [0.1, 0.15) is 39.5 Å². The zero-order chi connectivity index (χ0) is 30.7. The average molecular weight is 590 g/mol. The van der Waals surface area contributed by atoms with Crippen molar-refractivity contribution in [1.82, 2.24) is 4.90 Å². The summed E-state index contributed by atoms with van der Waals surface area (Å²) in [6.07, 6.45) is -0.793. The minimum absolute atomic E-state index is 0.272. The number of nitrogens with zero attached hydrogens (tertiary/aromatic N) is 1. The third-order valence-corrected chi connectivity index (χ3v) is 8.44. The SMILES string of the molecule is O[C@@H](c1ccccc1)[C@H](COC(c1ccccc1)(c1ccccc1)c1ccccc1)N(Cc1ccccc1)Cc1ccccc1. The molecule has 0 saturated carbocycles. The molecule has 1 N–H and O–H groups in total. The maximum atomic E-state index is 12.2. The summed E-state index contributed by atoms with van der Waals surface area (Å²) in [5.74, 6) is 0. The molecule has 0 spiro atoms. The second kappa shape index (κ2) is 14.8. The molecule has 45 heavy (non-hydrogen) atoms. The van der Waals surface area contributed by atoms with Gasteiger partial charge >= 0.3 is 0 Å². The average Bonchev–Trinajstić information content (AvgIpc) is 3.12. The van der Waals surface area contributed by atoms with E-state index < -0.39 is 11.7 Å². The first-order valence-corrected chi connectivity index (χ1v) is 15.6. The topological polar surface area (TPSA) is 32.7 Å². The molecule has 0 aliphatic carbocycles. The number of aliphatic hydroxyl groups is 1. The van der Waals surface area contributed by atoms with Crippen LogP contribution >= 0.6 is 0 Å². The second-order valence-corrected chi connectivity index (χ2v) is 11.4. The van der Waals surface area contributed by atoms with E-state index in [1.54, 1.807) is 0 Å². The van der Waals surface area contributed by atoms with E-state index in [0.717, 1.165) is 22.3 Å². The summed E-state index contributed by atoms with van der Waals surface area (Å²) in [7, 11) is 0. The van der Waals surface area contributed by atoms with Gasteiger partial charge in [0.25, 0.3) is 0 Å². The summed E-state index contributed by atoms with van der Waals surface area (Å²) in [4.78, 5) is 2.36. The molecule has 0 radical (unpaired) electrons. The molecule has 0 unspecified atom stereocenters. The van der Waals surface area contributed by atoms with Crippen molar-refractivity contribution < 1.29 is 9.84 Å². The van der Waals surface area contributed by atoms with Gasteiger partial charge < -0.3 is 9.84 Å². The molecule has 0 aromatic heterocycles. The van der Waals surface area contributed by atoms with Gasteiger partial charge in [-0.15, -0.1) is 0 Å². The molecule has 0 heterocycles. The van der Waals surface area contributed by atoms with Crippen LogP contribution in [0.3, 0.4) is 0 Å². The summed E-state index contributed by atoms with van der Waals surface area (Å²) in [6, 6.07) is 61.8. The Kier molecular flexibility index (Phi) is 9.93. The third kappa shape index (κ3) is 7.13. The Labute approximate surface area is 267 Å². The summed E-state index contributed by atoms with van der Waals surface area (Å²) >= 11 is 0. The summed E-state index contributed by atoms with van der Waals surface area (Å²) in [5, 5.41) is 12.2. The molecule has 0 fully saturated rings. The van der Waals surface area contributed by atoms with Crippen LogP contribution in [-0.4, -0.2) is 22.7 Å². The van der Waals surface area contributed by atoms with Crippen molar-refractivity contribution in [3.05, 3.63) is 215 Å². The fraction of sp³-hybridized carbons (Fsp3) is 0.143. The Hall–Kier alpha value is -4.80. The summed E-state index contributed by atoms with van der Waals surface area (Å²) < 4.78 is 7.35. The van der Waals surface area contributed by atoms with Crippen LogP contribution in [-0.2, 0) is 23.4 Å². The Bertz CT molecular complexity index is 1560. The Morgan fingerprint density at radius 1 is 0.467 bits per heavy atom. The van der Waals surface area contributed by atoms with Crippen molar-refractivity contribution in [2.75, 3.05) is 6.61 Å². The van der Waals surface area contributed by atoms with E-state index in [9.17, 15) is 5.11 Å². The fourth-order valence-electron chi connectivity index (χ4n) is 6.17. The molecule has 6 aromatic carbocycles. The van der Waals surface area contributed by atoms with Crippen molar-refractivity contribution in [1.29, 1.82) is 0 Å². The van der Waals surface area contributed by atoms with Crippen LogP contribution in [0.15, 0.2) is 182 Å². The lowest BCUT2D eigenvalue weighted by molar-refractivity contribution is -0.0635. The van der Waals surface area contributed by atoms with E-state index >= 15 is 0 Å². The molecule has 0 amide bonds. The number of benzene rings is 6. The quantitative estimate of drug-likeness (QED) is 0.137. The van der Waals surface area contributed by atoms with E-state index in [4.69, 9.17) is 4.74 Å². The van der Waals surface area contributed by atoms with E-state index in [1.165, 1.54) is 11.1 Å². The lowest BCUT2D eigenvalue weighted by Gasteiger charge is -2.41. The van der Waals surface area contributed by atoms with Gasteiger partial charge in [0.05, 0.1) is 18.8 Å². The maximum Gasteiger partial charge on any atom is 0.143 e. The molecule has 0 bridgehead atoms. The highest BCUT2D eigenvalue weighted by atomic mass is 16.5. The highest BCUT2D eigenvalue weighted by Crippen LogP contribution is 2.41. The molecule has 3 nitrogen and oxygen atoms in total. The number of rotatable bonds is 13. The molecule has 0 saturated heterocycles. The first kappa shape index (κ1) is 30.2. The van der Waals surface area contributed by atoms with Crippen LogP contribution in [0, 0.1) is 0 Å². The van der Waals surface area contributed by atoms with Gasteiger partial charge in [0.15, 0.2) is 0 Å². The number of hydrogen-bond acceptors (Lipinski definition) is 3. The first-order chi connectivity index (χ1) is 22.2. The zero-order valence-corrected chi connectivity index (χ0v) is 25.4. The van der Waals surface area contributed by atoms with Crippen molar-refractivity contribution in [3.8, 4) is 0 Å². The lowest BCUT2D eigenvalue weighted by Crippen LogP contribution is -2.45. The van der Waals surface area contributed by atoms with Gasteiger partial charge in [0.1, 0.15) is 5.60 Å². The van der Waals surface area contributed by atoms with Crippen LogP contribution in [0.5, 0.6) is 0 Å². The van der Waals surface area contributed by atoms with Gasteiger partial charge in [-0.05, 0) is 33.4 Å². The van der Waals surface area contributed by atoms with Crippen LogP contribution in [0.25, 0.3) is 0 Å². The molecular formula is C42H39NO2. The number of ether oxygens (including phenoxy) is 1. The van der Waals surface area contributed by atoms with Crippen LogP contribution in [0.2, 0.25) is 0 Å². The van der Waals surface area contributed by atoms with E-state index in [1.807, 2.05) is 60.7 Å². The highest BCUT2D eigenvalue weighted by Gasteiger charge is 2.40. The number of aliphatic hydroxyl groups excluding tert-OH is 1. The van der Waals surface area contributed by atoms with Crippen LogP contribution in [0.4, 0.5) is 0 Å². The van der Waals surface area contributed by atoms with E-state index in [2.05, 4.69) is 126 Å². The minimum atomic E-state index is -0.899. The third-order valence-electron chi connectivity index (χ3n) is 8.44. The van der Waals surface area contributed by atoms with Crippen molar-refractivity contribution in [2.45, 2.75) is 30.8 Å². The number of hydrogen-bond donors (Lipinski definition) is 1. The van der Waals surface area contributed by atoms with Crippen molar-refractivity contribution >= 4 is 0 Å². The molecule has 3 heteroatoms. The molecule has 2 atom stereocenters. The first-order valence-electron chi connectivity index (χ1n) is 15.6. The molecule has 0 aliphatic heterocycles. The molecule has 6 aromatic rings. The Balaban J connectivity index is 1.47. The smallest absolute Gasteiger partial charge is 0.143 e. The predicted molar refractivity (Wildman–Crippen MR) is 182 cm³/mol. The van der Waals surface area contributed by atoms with Gasteiger partial charge in [-0.25, -0.2) is 0 Å². The zero-order valence-electron chi connectivity index (χ0n) is 25.4. The monoisotopic (exact) mass is 589 g/mol. The van der Waals surface area contributed by atoms with Crippen LogP contribution < -0.4 is 0 Å². The molecule has 6 rings (SSSR count). The van der Waals surface area contributed by atoms with E-state index in [-0.39, 0.29) is 12.6 Å². The van der Waals surface area contributed by atoms with Gasteiger partial charge in [-0.2, -0.15) is 0 Å². The van der Waals surface area contributed by atoms with Gasteiger partial charge in [-0.3, -0.25) is 4.90 Å². The minimum Gasteiger partial charge on any atom is -0.387 e. The highest BCUT2D eigenvalue weighted by molar-refractivity contribution is 5.47. The van der Waals surface area contributed by atoms with Gasteiger partial charge in [0, 0.05) is 13.1 Å². The van der Waals surface area contributed by atoms with Gasteiger partial charge in [-0.1, -0.05) is 182 Å². The molecular weight excluding hydrogens is 550 g/mol. The largest absolute Gasteiger partial charge is 0.387 e. The maximum absolute atomic E-state index is 12.2. The molecule has 0 aliphatic rings. The van der Waals surface area contributed by atoms with E-state index in [0.29, 0.717) is 13.1 Å². The standard InChI is InChI=1S/C42H39NO2/c44-41(36-23-11-3-12-24-36)40(43(31-34-19-7-1-8-20-34)32-35-21-9-2-10-22-35)33-45-42(37-25-13-4-14-26-37,38-27-15-5-16-28-38)39-29-17-6-18-30-39/h1-30,40-41,44H,31-33H2/t40-,41-/m0/s1. The van der Waals surface area contributed by atoms with Crippen molar-refractivity contribution in [3.63, 3.8) is 0 Å². The summed E-state index contributed by atoms with van der Waals surface area (Å²) in [6.45, 7) is 1.58. The lowest BCUT2D eigenvalue weighted by atomic mass is 9.80. The summed E-state index contributed by atoms with van der Waals surface area (Å²) in [5.41, 5.74) is 5.43. The second-order valence-electron chi connectivity index (χ2n) is 11.4. The molecule has 224 valence electrons. The fourth-order valence-corrected chi connectivity index (χ4v) is 6.17. The van der Waals surface area contributed by atoms with Gasteiger partial charge in [0.2, 0.25) is 0 Å². The Morgan fingerprint density at radius 3 is 1.18 bits per heavy atom. The normalized spacial score (nSPS) is 12.9. The Morgan fingerprint density at radius 2 is 0.800 bits per heavy atom.